The third-order valence-corrected chi connectivity index (χ3v) is 5.28. The summed E-state index contributed by atoms with van der Waals surface area (Å²) in [6.45, 7) is 9.90. The lowest BCUT2D eigenvalue weighted by molar-refractivity contribution is -0.157. The molecular weight excluding hydrogens is 400 g/mol. The molecule has 168 valence electrons. The molecule has 5 nitrogen and oxygen atoms in total. The van der Waals surface area contributed by atoms with Crippen LogP contribution < -0.4 is 0 Å². The molecule has 2 aromatic rings. The number of nitriles is 1. The number of amides is 1. The molecule has 1 amide bonds. The average Bonchev–Trinajstić information content (AvgIpc) is 2.80. The fourth-order valence-electron chi connectivity index (χ4n) is 3.62. The minimum atomic E-state index is -0.668. The molecule has 0 bridgehead atoms. The maximum absolute atomic E-state index is 13.1. The molecule has 1 unspecified atom stereocenters. The topological polar surface area (TPSA) is 70.4 Å². The fourth-order valence-corrected chi connectivity index (χ4v) is 3.62. The number of ether oxygens (including phenoxy) is 1. The predicted octanol–water partition coefficient (Wildman–Crippen LogP) is 5.50. The monoisotopic (exact) mass is 432 g/mol. The summed E-state index contributed by atoms with van der Waals surface area (Å²) in [5, 5.41) is 9.37. The van der Waals surface area contributed by atoms with Crippen LogP contribution in [-0.4, -0.2) is 29.4 Å². The van der Waals surface area contributed by atoms with Gasteiger partial charge >= 0.3 is 5.97 Å². The Balaban J connectivity index is 2.32. The smallest absolute Gasteiger partial charge is 0.329 e. The van der Waals surface area contributed by atoms with E-state index in [-0.39, 0.29) is 18.4 Å². The number of benzene rings is 2. The highest BCUT2D eigenvalue weighted by molar-refractivity contribution is 5.85. The summed E-state index contributed by atoms with van der Waals surface area (Å²) < 4.78 is 5.31. The third kappa shape index (κ3) is 6.55. The maximum atomic E-state index is 13.1. The van der Waals surface area contributed by atoms with Gasteiger partial charge in [-0.05, 0) is 35.1 Å². The van der Waals surface area contributed by atoms with Crippen molar-refractivity contribution in [3.63, 3.8) is 0 Å². The minimum Gasteiger partial charge on any atom is -0.460 e. The van der Waals surface area contributed by atoms with Gasteiger partial charge in [-0.15, -0.1) is 0 Å². The summed E-state index contributed by atoms with van der Waals surface area (Å²) in [5.74, 6) is -0.566. The number of hydrogen-bond acceptors (Lipinski definition) is 4. The first-order chi connectivity index (χ1) is 15.4. The van der Waals surface area contributed by atoms with E-state index in [2.05, 4.69) is 12.6 Å². The summed E-state index contributed by atoms with van der Waals surface area (Å²) in [4.78, 5) is 27.5. The van der Waals surface area contributed by atoms with E-state index in [0.717, 1.165) is 29.5 Å². The number of rotatable bonds is 11. The number of carbonyl (C=O) groups excluding carboxylic acids is 2. The zero-order valence-corrected chi connectivity index (χ0v) is 19.2. The van der Waals surface area contributed by atoms with Gasteiger partial charge < -0.3 is 9.64 Å². The van der Waals surface area contributed by atoms with Crippen molar-refractivity contribution in [2.75, 3.05) is 6.61 Å². The molecule has 2 rings (SSSR count). The second-order valence-electron chi connectivity index (χ2n) is 8.09. The number of hydrogen-bond donors (Lipinski definition) is 0. The number of esters is 1. The molecule has 2 aromatic carbocycles. The molecule has 0 aliphatic carbocycles. The quantitative estimate of drug-likeness (QED) is 0.347. The summed E-state index contributed by atoms with van der Waals surface area (Å²) in [6, 6.07) is 16.8. The van der Waals surface area contributed by atoms with E-state index >= 15 is 0 Å². The molecule has 0 saturated heterocycles. The van der Waals surface area contributed by atoms with Gasteiger partial charge in [-0.3, -0.25) is 4.79 Å². The standard InChI is InChI=1S/C27H32N2O3/c1-5-7-12-25(30)29(26(20(3)4)27(31)32-17-6-2)19-21-13-15-22(16-14-21)24-11-9-8-10-23(24)18-28/h6,8-11,13-16,20,26H,2,5,7,12,17,19H2,1,3-4H3. The average molecular weight is 433 g/mol. The lowest BCUT2D eigenvalue weighted by Gasteiger charge is -2.33. The van der Waals surface area contributed by atoms with Crippen LogP contribution in [0.1, 0.15) is 51.2 Å². The molecule has 5 heteroatoms. The SMILES string of the molecule is C=CCOC(=O)C(C(C)C)N(Cc1ccc(-c2ccccc2C#N)cc1)C(=O)CCCC. The Morgan fingerprint density at radius 1 is 1.16 bits per heavy atom. The van der Waals surface area contributed by atoms with Gasteiger partial charge in [0.05, 0.1) is 11.6 Å². The highest BCUT2D eigenvalue weighted by Crippen LogP contribution is 2.25. The van der Waals surface area contributed by atoms with Crippen molar-refractivity contribution in [3.8, 4) is 17.2 Å². The first-order valence-corrected chi connectivity index (χ1v) is 11.1. The van der Waals surface area contributed by atoms with Crippen LogP contribution in [0.4, 0.5) is 0 Å². The molecule has 0 fully saturated rings. The van der Waals surface area contributed by atoms with Crippen LogP contribution in [0.3, 0.4) is 0 Å². The van der Waals surface area contributed by atoms with Crippen LogP contribution in [0.5, 0.6) is 0 Å². The van der Waals surface area contributed by atoms with Crippen LogP contribution in [0, 0.1) is 17.2 Å². The minimum absolute atomic E-state index is 0.0556. The van der Waals surface area contributed by atoms with Crippen molar-refractivity contribution in [3.05, 3.63) is 72.3 Å². The molecule has 0 spiro atoms. The Morgan fingerprint density at radius 3 is 2.44 bits per heavy atom. The number of nitrogens with zero attached hydrogens (tertiary/aromatic N) is 2. The fraction of sp³-hybridized carbons (Fsp3) is 0.370. The summed E-state index contributed by atoms with van der Waals surface area (Å²) in [5.41, 5.74) is 3.32. The molecule has 0 aliphatic rings. The van der Waals surface area contributed by atoms with Gasteiger partial charge in [-0.25, -0.2) is 4.79 Å². The Bertz CT molecular complexity index is 958. The first-order valence-electron chi connectivity index (χ1n) is 11.1. The highest BCUT2D eigenvalue weighted by atomic mass is 16.5. The molecular formula is C27H32N2O3. The van der Waals surface area contributed by atoms with Crippen molar-refractivity contribution in [2.45, 2.75) is 52.6 Å². The zero-order valence-electron chi connectivity index (χ0n) is 19.2. The molecule has 0 N–H and O–H groups in total. The molecule has 1 atom stereocenters. The highest BCUT2D eigenvalue weighted by Gasteiger charge is 2.33. The molecule has 0 radical (unpaired) electrons. The third-order valence-electron chi connectivity index (χ3n) is 5.28. The van der Waals surface area contributed by atoms with E-state index in [1.54, 1.807) is 11.0 Å². The van der Waals surface area contributed by atoms with Crippen molar-refractivity contribution in [2.24, 2.45) is 5.92 Å². The lowest BCUT2D eigenvalue weighted by atomic mass is 9.98. The van der Waals surface area contributed by atoms with Crippen molar-refractivity contribution in [1.29, 1.82) is 5.26 Å². The molecule has 0 aromatic heterocycles. The van der Waals surface area contributed by atoms with E-state index in [4.69, 9.17) is 4.74 Å². The maximum Gasteiger partial charge on any atom is 0.329 e. The summed E-state index contributed by atoms with van der Waals surface area (Å²) >= 11 is 0. The number of carbonyl (C=O) groups is 2. The van der Waals surface area contributed by atoms with E-state index in [9.17, 15) is 14.9 Å². The first kappa shape index (κ1) is 24.9. The van der Waals surface area contributed by atoms with E-state index < -0.39 is 12.0 Å². The Morgan fingerprint density at radius 2 is 1.84 bits per heavy atom. The second kappa shape index (κ2) is 12.5. The Labute approximate surface area is 191 Å². The van der Waals surface area contributed by atoms with Gasteiger partial charge in [-0.2, -0.15) is 5.26 Å². The van der Waals surface area contributed by atoms with Gasteiger partial charge in [-0.1, -0.05) is 82.3 Å². The number of unbranched alkanes of at least 4 members (excludes halogenated alkanes) is 1. The van der Waals surface area contributed by atoms with Gasteiger partial charge in [0.1, 0.15) is 12.6 Å². The molecule has 0 aliphatic heterocycles. The van der Waals surface area contributed by atoms with Crippen LogP contribution >= 0.6 is 0 Å². The lowest BCUT2D eigenvalue weighted by Crippen LogP contribution is -2.48. The van der Waals surface area contributed by atoms with E-state index in [0.29, 0.717) is 18.5 Å². The largest absolute Gasteiger partial charge is 0.460 e. The normalized spacial score (nSPS) is 11.5. The Hall–Kier alpha value is -3.39. The summed E-state index contributed by atoms with van der Waals surface area (Å²) in [6.07, 6.45) is 3.59. The van der Waals surface area contributed by atoms with Gasteiger partial charge in [0.25, 0.3) is 0 Å². The van der Waals surface area contributed by atoms with Crippen LogP contribution in [0.15, 0.2) is 61.2 Å². The molecule has 0 saturated carbocycles. The molecule has 0 heterocycles. The van der Waals surface area contributed by atoms with Crippen LogP contribution in [0.25, 0.3) is 11.1 Å². The van der Waals surface area contributed by atoms with Crippen LogP contribution in [0.2, 0.25) is 0 Å². The summed E-state index contributed by atoms with van der Waals surface area (Å²) in [7, 11) is 0. The predicted molar refractivity (Wildman–Crippen MR) is 126 cm³/mol. The van der Waals surface area contributed by atoms with Gasteiger partial charge in [0.15, 0.2) is 0 Å². The second-order valence-corrected chi connectivity index (χ2v) is 8.09. The zero-order chi connectivity index (χ0) is 23.5. The van der Waals surface area contributed by atoms with Gasteiger partial charge in [0.2, 0.25) is 5.91 Å². The van der Waals surface area contributed by atoms with Crippen molar-refractivity contribution < 1.29 is 14.3 Å². The van der Waals surface area contributed by atoms with Crippen molar-refractivity contribution >= 4 is 11.9 Å². The van der Waals surface area contributed by atoms with Gasteiger partial charge in [0, 0.05) is 13.0 Å². The Kier molecular flexibility index (Phi) is 9.69. The van der Waals surface area contributed by atoms with E-state index in [1.807, 2.05) is 63.2 Å². The van der Waals surface area contributed by atoms with Crippen LogP contribution in [-0.2, 0) is 20.9 Å². The van der Waals surface area contributed by atoms with E-state index in [1.165, 1.54) is 6.08 Å². The molecule has 32 heavy (non-hydrogen) atoms. The van der Waals surface area contributed by atoms with Crippen molar-refractivity contribution in [1.82, 2.24) is 4.90 Å².